The Bertz CT molecular complexity index is 316. The fourth-order valence-electron chi connectivity index (χ4n) is 2.21. The number of hydrogen-bond donors (Lipinski definition) is 2. The summed E-state index contributed by atoms with van der Waals surface area (Å²) in [7, 11) is 0. The number of nitrogens with one attached hydrogen (secondary N) is 1. The quantitative estimate of drug-likeness (QED) is 0.771. The third-order valence-electron chi connectivity index (χ3n) is 3.39. The molecule has 1 aliphatic carbocycles. The molecule has 2 heteroatoms. The molecule has 1 fully saturated rings. The van der Waals surface area contributed by atoms with Crippen molar-refractivity contribution in [3.05, 3.63) is 29.8 Å². The van der Waals surface area contributed by atoms with Crippen LogP contribution >= 0.6 is 0 Å². The van der Waals surface area contributed by atoms with Gasteiger partial charge in [-0.15, -0.1) is 0 Å². The van der Waals surface area contributed by atoms with Crippen molar-refractivity contribution in [3.8, 4) is 5.75 Å². The Kier molecular flexibility index (Phi) is 3.83. The van der Waals surface area contributed by atoms with Crippen molar-refractivity contribution >= 4 is 0 Å². The highest BCUT2D eigenvalue weighted by atomic mass is 16.3. The summed E-state index contributed by atoms with van der Waals surface area (Å²) >= 11 is 0. The largest absolute Gasteiger partial charge is 0.508 e. The van der Waals surface area contributed by atoms with Crippen molar-refractivity contribution in [1.82, 2.24) is 5.32 Å². The van der Waals surface area contributed by atoms with Crippen LogP contribution in [0.3, 0.4) is 0 Å². The fraction of sp³-hybridized carbons (Fsp3) is 0.571. The molecule has 1 aromatic carbocycles. The van der Waals surface area contributed by atoms with Crippen molar-refractivity contribution in [3.63, 3.8) is 0 Å². The Morgan fingerprint density at radius 3 is 2.56 bits per heavy atom. The monoisotopic (exact) mass is 219 g/mol. The molecular weight excluding hydrogens is 198 g/mol. The second-order valence-corrected chi connectivity index (χ2v) is 4.72. The maximum atomic E-state index is 9.17. The minimum atomic E-state index is 0.348. The second-order valence-electron chi connectivity index (χ2n) is 4.72. The molecule has 2 N–H and O–H groups in total. The van der Waals surface area contributed by atoms with Crippen LogP contribution in [0.15, 0.2) is 24.3 Å². The van der Waals surface area contributed by atoms with E-state index < -0.39 is 0 Å². The van der Waals surface area contributed by atoms with Gasteiger partial charge >= 0.3 is 0 Å². The fourth-order valence-corrected chi connectivity index (χ4v) is 2.21. The first-order valence-corrected chi connectivity index (χ1v) is 6.31. The zero-order valence-corrected chi connectivity index (χ0v) is 9.95. The minimum absolute atomic E-state index is 0.348. The van der Waals surface area contributed by atoms with Crippen LogP contribution in [0.5, 0.6) is 5.75 Å². The molecule has 1 saturated carbocycles. The molecule has 0 spiro atoms. The standard InChI is InChI=1S/C14H21NO/c1-2-14(12-5-6-12)15-10-9-11-3-7-13(16)8-4-11/h3-4,7-8,12,14-16H,2,5-6,9-10H2,1H3. The van der Waals surface area contributed by atoms with Gasteiger partial charge in [0.1, 0.15) is 5.75 Å². The summed E-state index contributed by atoms with van der Waals surface area (Å²) in [5.74, 6) is 1.28. The van der Waals surface area contributed by atoms with Gasteiger partial charge < -0.3 is 10.4 Å². The normalized spacial score (nSPS) is 17.3. The lowest BCUT2D eigenvalue weighted by Gasteiger charge is -2.15. The Hall–Kier alpha value is -1.02. The molecule has 0 bridgehead atoms. The number of hydrogen-bond acceptors (Lipinski definition) is 2. The molecule has 0 aromatic heterocycles. The number of phenols is 1. The highest BCUT2D eigenvalue weighted by Gasteiger charge is 2.29. The molecule has 0 radical (unpaired) electrons. The van der Waals surface area contributed by atoms with Crippen LogP contribution in [0, 0.1) is 5.92 Å². The maximum absolute atomic E-state index is 9.17. The zero-order chi connectivity index (χ0) is 11.4. The summed E-state index contributed by atoms with van der Waals surface area (Å²) in [5, 5.41) is 12.8. The maximum Gasteiger partial charge on any atom is 0.115 e. The Labute approximate surface area is 97.7 Å². The first-order chi connectivity index (χ1) is 7.79. The van der Waals surface area contributed by atoms with Crippen LogP contribution in [-0.4, -0.2) is 17.7 Å². The van der Waals surface area contributed by atoms with Crippen molar-refractivity contribution in [1.29, 1.82) is 0 Å². The van der Waals surface area contributed by atoms with E-state index in [0.29, 0.717) is 5.75 Å². The molecule has 1 aliphatic rings. The van der Waals surface area contributed by atoms with Gasteiger partial charge in [0.05, 0.1) is 0 Å². The molecule has 88 valence electrons. The molecular formula is C14H21NO. The van der Waals surface area contributed by atoms with E-state index in [-0.39, 0.29) is 0 Å². The van der Waals surface area contributed by atoms with Crippen molar-refractivity contribution in [2.75, 3.05) is 6.54 Å². The molecule has 1 atom stereocenters. The van der Waals surface area contributed by atoms with Crippen LogP contribution in [0.25, 0.3) is 0 Å². The van der Waals surface area contributed by atoms with E-state index in [1.807, 2.05) is 12.1 Å². The summed E-state index contributed by atoms with van der Waals surface area (Å²) in [6.07, 6.45) is 5.10. The topological polar surface area (TPSA) is 32.3 Å². The molecule has 2 nitrogen and oxygen atoms in total. The zero-order valence-electron chi connectivity index (χ0n) is 9.95. The molecule has 2 rings (SSSR count). The van der Waals surface area contributed by atoms with Gasteiger partial charge in [-0.25, -0.2) is 0 Å². The highest BCUT2D eigenvalue weighted by molar-refractivity contribution is 5.25. The molecule has 0 aliphatic heterocycles. The van der Waals surface area contributed by atoms with E-state index in [9.17, 15) is 5.11 Å². The smallest absolute Gasteiger partial charge is 0.115 e. The summed E-state index contributed by atoms with van der Waals surface area (Å²) in [5.41, 5.74) is 1.29. The second kappa shape index (κ2) is 5.35. The minimum Gasteiger partial charge on any atom is -0.508 e. The lowest BCUT2D eigenvalue weighted by Crippen LogP contribution is -2.32. The van der Waals surface area contributed by atoms with E-state index in [2.05, 4.69) is 12.2 Å². The molecule has 1 unspecified atom stereocenters. The summed E-state index contributed by atoms with van der Waals surface area (Å²) in [6.45, 7) is 3.30. The molecule has 0 saturated heterocycles. The number of phenolic OH excluding ortho intramolecular Hbond substituents is 1. The Balaban J connectivity index is 1.72. The lowest BCUT2D eigenvalue weighted by molar-refractivity contribution is 0.453. The number of benzene rings is 1. The summed E-state index contributed by atoms with van der Waals surface area (Å²) in [6, 6.07) is 8.22. The third-order valence-corrected chi connectivity index (χ3v) is 3.39. The Morgan fingerprint density at radius 1 is 1.31 bits per heavy atom. The first kappa shape index (κ1) is 11.5. The summed E-state index contributed by atoms with van der Waals surface area (Å²) in [4.78, 5) is 0. The van der Waals surface area contributed by atoms with E-state index in [1.54, 1.807) is 12.1 Å². The molecule has 0 amide bonds. The van der Waals surface area contributed by atoms with Crippen molar-refractivity contribution in [2.45, 2.75) is 38.6 Å². The SMILES string of the molecule is CCC(NCCc1ccc(O)cc1)C1CC1. The highest BCUT2D eigenvalue weighted by Crippen LogP contribution is 2.33. The van der Waals surface area contributed by atoms with Gasteiger partial charge in [0, 0.05) is 6.04 Å². The van der Waals surface area contributed by atoms with Gasteiger partial charge in [-0.3, -0.25) is 0 Å². The van der Waals surface area contributed by atoms with E-state index in [1.165, 1.54) is 24.8 Å². The van der Waals surface area contributed by atoms with Crippen molar-refractivity contribution in [2.24, 2.45) is 5.92 Å². The predicted octanol–water partition coefficient (Wildman–Crippen LogP) is 2.71. The molecule has 16 heavy (non-hydrogen) atoms. The van der Waals surface area contributed by atoms with Gasteiger partial charge in [-0.05, 0) is 55.8 Å². The van der Waals surface area contributed by atoms with Crippen LogP contribution in [0.2, 0.25) is 0 Å². The number of rotatable bonds is 6. The van der Waals surface area contributed by atoms with Crippen LogP contribution in [0.4, 0.5) is 0 Å². The van der Waals surface area contributed by atoms with E-state index >= 15 is 0 Å². The van der Waals surface area contributed by atoms with Crippen LogP contribution < -0.4 is 5.32 Å². The third kappa shape index (κ3) is 3.24. The van der Waals surface area contributed by atoms with Gasteiger partial charge in [0.2, 0.25) is 0 Å². The van der Waals surface area contributed by atoms with Crippen LogP contribution in [0.1, 0.15) is 31.7 Å². The van der Waals surface area contributed by atoms with Gasteiger partial charge in [-0.2, -0.15) is 0 Å². The lowest BCUT2D eigenvalue weighted by atomic mass is 10.1. The van der Waals surface area contributed by atoms with E-state index in [0.717, 1.165) is 24.9 Å². The predicted molar refractivity (Wildman–Crippen MR) is 66.6 cm³/mol. The first-order valence-electron chi connectivity index (χ1n) is 6.31. The van der Waals surface area contributed by atoms with Crippen LogP contribution in [-0.2, 0) is 6.42 Å². The molecule has 0 heterocycles. The van der Waals surface area contributed by atoms with Gasteiger partial charge in [0.15, 0.2) is 0 Å². The van der Waals surface area contributed by atoms with E-state index in [4.69, 9.17) is 0 Å². The average molecular weight is 219 g/mol. The Morgan fingerprint density at radius 2 is 2.00 bits per heavy atom. The van der Waals surface area contributed by atoms with Gasteiger partial charge in [0.25, 0.3) is 0 Å². The number of aromatic hydroxyl groups is 1. The van der Waals surface area contributed by atoms with Gasteiger partial charge in [-0.1, -0.05) is 19.1 Å². The molecule has 1 aromatic rings. The average Bonchev–Trinajstić information content (AvgIpc) is 3.11. The summed E-state index contributed by atoms with van der Waals surface area (Å²) < 4.78 is 0. The van der Waals surface area contributed by atoms with Crippen molar-refractivity contribution < 1.29 is 5.11 Å².